The van der Waals surface area contributed by atoms with Gasteiger partial charge < -0.3 is 10.6 Å². The van der Waals surface area contributed by atoms with E-state index < -0.39 is 10.0 Å². The minimum Gasteiger partial charge on any atom is -0.326 e. The van der Waals surface area contributed by atoms with E-state index in [1.165, 1.54) is 6.42 Å². The molecule has 1 aliphatic carbocycles. The van der Waals surface area contributed by atoms with Crippen LogP contribution in [0.2, 0.25) is 0 Å². The van der Waals surface area contributed by atoms with Crippen molar-refractivity contribution in [2.75, 3.05) is 18.4 Å². The Balaban J connectivity index is 0.00000208. The van der Waals surface area contributed by atoms with Gasteiger partial charge in [0.2, 0.25) is 15.9 Å². The lowest BCUT2D eigenvalue weighted by molar-refractivity contribution is -0.128. The molecule has 134 valence electrons. The second-order valence-electron chi connectivity index (χ2n) is 6.69. The van der Waals surface area contributed by atoms with Crippen molar-refractivity contribution in [1.82, 2.24) is 5.32 Å². The van der Waals surface area contributed by atoms with Gasteiger partial charge in [-0.2, -0.15) is 0 Å². The molecule has 1 saturated heterocycles. The van der Waals surface area contributed by atoms with Crippen molar-refractivity contribution in [2.24, 2.45) is 16.5 Å². The number of amides is 1. The molecule has 2 atom stereocenters. The number of carbonyl (C=O) groups is 1. The minimum atomic E-state index is -3.54. The third-order valence-corrected chi connectivity index (χ3v) is 5.81. The van der Waals surface area contributed by atoms with E-state index in [-0.39, 0.29) is 29.5 Å². The SMILES string of the molecule is Cl.NS(=O)(=O)Cc1ccc(NC(=O)[C@@]23CCCC[C@H]2CNC3)cc1. The lowest BCUT2D eigenvalue weighted by Gasteiger charge is -2.37. The second-order valence-corrected chi connectivity index (χ2v) is 8.30. The van der Waals surface area contributed by atoms with Crippen LogP contribution in [0.1, 0.15) is 31.2 Å². The topological polar surface area (TPSA) is 101 Å². The molecule has 1 amide bonds. The summed E-state index contributed by atoms with van der Waals surface area (Å²) in [7, 11) is -3.54. The molecule has 1 saturated carbocycles. The standard InChI is InChI=1S/C16H23N3O3S.ClH/c17-23(21,22)10-12-4-6-14(7-5-12)19-15(20)16-8-2-1-3-13(16)9-18-11-16;/h4-7,13,18H,1-3,8-11H2,(H,19,20)(H2,17,21,22);1H/t13-,16+;/m0./s1. The molecule has 8 heteroatoms. The summed E-state index contributed by atoms with van der Waals surface area (Å²) in [4.78, 5) is 12.8. The Morgan fingerprint density at radius 1 is 1.29 bits per heavy atom. The first-order valence-corrected chi connectivity index (χ1v) is 9.72. The highest BCUT2D eigenvalue weighted by Gasteiger charge is 2.49. The fraction of sp³-hybridized carbons (Fsp3) is 0.562. The van der Waals surface area contributed by atoms with Crippen LogP contribution in [0.4, 0.5) is 5.69 Å². The lowest BCUT2D eigenvalue weighted by Crippen LogP contribution is -2.44. The molecule has 4 N–H and O–H groups in total. The van der Waals surface area contributed by atoms with E-state index in [9.17, 15) is 13.2 Å². The Kier molecular flexibility index (Phi) is 5.91. The molecule has 0 aromatic heterocycles. The number of hydrogen-bond donors (Lipinski definition) is 3. The molecule has 3 rings (SSSR count). The average molecular weight is 374 g/mol. The maximum atomic E-state index is 12.8. The Morgan fingerprint density at radius 3 is 2.67 bits per heavy atom. The van der Waals surface area contributed by atoms with Gasteiger partial charge in [-0.1, -0.05) is 25.0 Å². The second kappa shape index (κ2) is 7.39. The van der Waals surface area contributed by atoms with Crippen LogP contribution in [0.5, 0.6) is 0 Å². The minimum absolute atomic E-state index is 0. The van der Waals surface area contributed by atoms with Crippen LogP contribution in [0.15, 0.2) is 24.3 Å². The molecule has 1 heterocycles. The maximum Gasteiger partial charge on any atom is 0.232 e. The number of nitrogens with two attached hydrogens (primary N) is 1. The Hall–Kier alpha value is -1.15. The summed E-state index contributed by atoms with van der Waals surface area (Å²) in [5.74, 6) is 0.293. The summed E-state index contributed by atoms with van der Waals surface area (Å²) in [5.41, 5.74) is 1.01. The Morgan fingerprint density at radius 2 is 2.00 bits per heavy atom. The molecule has 1 aliphatic heterocycles. The van der Waals surface area contributed by atoms with Crippen molar-refractivity contribution in [3.63, 3.8) is 0 Å². The van der Waals surface area contributed by atoms with Crippen molar-refractivity contribution >= 4 is 34.0 Å². The number of rotatable bonds is 4. The predicted octanol–water partition coefficient (Wildman–Crippen LogP) is 1.62. The number of sulfonamides is 1. The summed E-state index contributed by atoms with van der Waals surface area (Å²) >= 11 is 0. The number of anilines is 1. The zero-order valence-electron chi connectivity index (χ0n) is 13.5. The van der Waals surface area contributed by atoms with Crippen LogP contribution in [0.25, 0.3) is 0 Å². The zero-order valence-corrected chi connectivity index (χ0v) is 15.1. The van der Waals surface area contributed by atoms with Crippen LogP contribution in [0.3, 0.4) is 0 Å². The molecule has 1 aromatic carbocycles. The van der Waals surface area contributed by atoms with Crippen LogP contribution in [-0.2, 0) is 20.6 Å². The Labute approximate surface area is 149 Å². The van der Waals surface area contributed by atoms with Gasteiger partial charge >= 0.3 is 0 Å². The molecular weight excluding hydrogens is 350 g/mol. The monoisotopic (exact) mass is 373 g/mol. The number of nitrogens with one attached hydrogen (secondary N) is 2. The van der Waals surface area contributed by atoms with E-state index in [0.29, 0.717) is 17.2 Å². The molecule has 0 unspecified atom stereocenters. The summed E-state index contributed by atoms with van der Waals surface area (Å²) in [6.07, 6.45) is 4.33. The van der Waals surface area contributed by atoms with Gasteiger partial charge in [0.1, 0.15) is 0 Å². The number of carbonyl (C=O) groups excluding carboxylic acids is 1. The van der Waals surface area contributed by atoms with Crippen molar-refractivity contribution < 1.29 is 13.2 Å². The van der Waals surface area contributed by atoms with E-state index in [2.05, 4.69) is 10.6 Å². The van der Waals surface area contributed by atoms with E-state index in [1.54, 1.807) is 24.3 Å². The molecular formula is C16H24ClN3O3S. The highest BCUT2D eigenvalue weighted by Crippen LogP contribution is 2.44. The van der Waals surface area contributed by atoms with Gasteiger partial charge in [0.05, 0.1) is 11.2 Å². The highest BCUT2D eigenvalue weighted by molar-refractivity contribution is 7.88. The molecule has 1 aromatic rings. The van der Waals surface area contributed by atoms with E-state index >= 15 is 0 Å². The van der Waals surface area contributed by atoms with Gasteiger partial charge in [0.25, 0.3) is 0 Å². The summed E-state index contributed by atoms with van der Waals surface area (Å²) in [6.45, 7) is 1.66. The predicted molar refractivity (Wildman–Crippen MR) is 96.4 cm³/mol. The fourth-order valence-electron chi connectivity index (χ4n) is 3.86. The molecule has 2 aliphatic rings. The first-order chi connectivity index (χ1) is 10.9. The van der Waals surface area contributed by atoms with Gasteiger partial charge in [0.15, 0.2) is 0 Å². The Bertz CT molecular complexity index is 693. The summed E-state index contributed by atoms with van der Waals surface area (Å²) in [5, 5.41) is 11.4. The number of halogens is 1. The van der Waals surface area contributed by atoms with Crippen molar-refractivity contribution in [3.05, 3.63) is 29.8 Å². The van der Waals surface area contributed by atoms with Crippen molar-refractivity contribution in [1.29, 1.82) is 0 Å². The van der Waals surface area contributed by atoms with Gasteiger partial charge in [0, 0.05) is 12.2 Å². The number of benzene rings is 1. The van der Waals surface area contributed by atoms with Gasteiger partial charge in [-0.25, -0.2) is 13.6 Å². The third-order valence-electron chi connectivity index (χ3n) is 5.07. The molecule has 0 bridgehead atoms. The van der Waals surface area contributed by atoms with E-state index in [4.69, 9.17) is 5.14 Å². The van der Waals surface area contributed by atoms with Crippen LogP contribution >= 0.6 is 12.4 Å². The van der Waals surface area contributed by atoms with Crippen molar-refractivity contribution in [3.8, 4) is 0 Å². The van der Waals surface area contributed by atoms with Crippen LogP contribution in [-0.4, -0.2) is 27.4 Å². The first kappa shape index (κ1) is 19.2. The van der Waals surface area contributed by atoms with Gasteiger partial charge in [-0.15, -0.1) is 12.4 Å². The smallest absolute Gasteiger partial charge is 0.232 e. The van der Waals surface area contributed by atoms with Crippen LogP contribution in [0, 0.1) is 11.3 Å². The number of hydrogen-bond acceptors (Lipinski definition) is 4. The molecule has 0 spiro atoms. The maximum absolute atomic E-state index is 12.8. The first-order valence-electron chi connectivity index (χ1n) is 8.01. The zero-order chi connectivity index (χ0) is 16.5. The summed E-state index contributed by atoms with van der Waals surface area (Å²) < 4.78 is 22.2. The van der Waals surface area contributed by atoms with Gasteiger partial charge in [-0.3, -0.25) is 4.79 Å². The largest absolute Gasteiger partial charge is 0.326 e. The molecule has 24 heavy (non-hydrogen) atoms. The molecule has 6 nitrogen and oxygen atoms in total. The molecule has 2 fully saturated rings. The quantitative estimate of drug-likeness (QED) is 0.746. The van der Waals surface area contributed by atoms with Gasteiger partial charge in [-0.05, 0) is 43.0 Å². The van der Waals surface area contributed by atoms with E-state index in [1.807, 2.05) is 0 Å². The number of fused-ring (bicyclic) bond motifs is 1. The average Bonchev–Trinajstić information content (AvgIpc) is 2.93. The molecule has 0 radical (unpaired) electrons. The highest BCUT2D eigenvalue weighted by atomic mass is 35.5. The number of primary sulfonamides is 1. The fourth-order valence-corrected chi connectivity index (χ4v) is 4.52. The normalized spacial score (nSPS) is 26.3. The summed E-state index contributed by atoms with van der Waals surface area (Å²) in [6, 6.07) is 6.83. The lowest BCUT2D eigenvalue weighted by atomic mass is 9.67. The van der Waals surface area contributed by atoms with Crippen molar-refractivity contribution in [2.45, 2.75) is 31.4 Å². The van der Waals surface area contributed by atoms with E-state index in [0.717, 1.165) is 32.4 Å². The van der Waals surface area contributed by atoms with Crippen LogP contribution < -0.4 is 15.8 Å². The third kappa shape index (κ3) is 4.08.